The van der Waals surface area contributed by atoms with Crippen molar-refractivity contribution < 1.29 is 14.7 Å². The highest BCUT2D eigenvalue weighted by molar-refractivity contribution is 5.75. The first-order valence-corrected chi connectivity index (χ1v) is 10.3. The van der Waals surface area contributed by atoms with Crippen molar-refractivity contribution in [3.8, 4) is 0 Å². The summed E-state index contributed by atoms with van der Waals surface area (Å²) in [6, 6.07) is 16.8. The zero-order valence-electron chi connectivity index (χ0n) is 16.5. The number of carboxylic acids is 1. The molecule has 2 aromatic rings. The number of amides is 2. The molecule has 0 atom stereocenters. The monoisotopic (exact) mass is 393 g/mol. The molecule has 6 nitrogen and oxygen atoms in total. The second-order valence-electron chi connectivity index (χ2n) is 7.88. The van der Waals surface area contributed by atoms with Crippen molar-refractivity contribution in [2.75, 3.05) is 24.5 Å². The van der Waals surface area contributed by atoms with Crippen molar-refractivity contribution in [3.63, 3.8) is 0 Å². The molecule has 1 fully saturated rings. The highest BCUT2D eigenvalue weighted by Crippen LogP contribution is 2.28. The number of nitrogens with one attached hydrogen (secondary N) is 1. The van der Waals surface area contributed by atoms with Crippen molar-refractivity contribution in [1.82, 2.24) is 10.2 Å². The number of urea groups is 1. The smallest absolute Gasteiger partial charge is 0.317 e. The number of anilines is 1. The third-order valence-corrected chi connectivity index (χ3v) is 5.95. The number of aliphatic carboxylic acids is 1. The Hall–Kier alpha value is -3.02. The predicted molar refractivity (Wildman–Crippen MR) is 112 cm³/mol. The van der Waals surface area contributed by atoms with Crippen LogP contribution >= 0.6 is 0 Å². The number of carbonyl (C=O) groups is 2. The Balaban J connectivity index is 1.26. The zero-order valence-corrected chi connectivity index (χ0v) is 16.5. The fourth-order valence-corrected chi connectivity index (χ4v) is 4.17. The number of rotatable bonds is 5. The summed E-state index contributed by atoms with van der Waals surface area (Å²) in [5.41, 5.74) is 5.06. The van der Waals surface area contributed by atoms with E-state index in [4.69, 9.17) is 5.11 Å². The molecule has 4 rings (SSSR count). The molecule has 0 radical (unpaired) electrons. The molecule has 2 heterocycles. The minimum absolute atomic E-state index is 0.119. The minimum atomic E-state index is -0.762. The topological polar surface area (TPSA) is 72.9 Å². The van der Waals surface area contributed by atoms with Gasteiger partial charge in [-0.1, -0.05) is 42.5 Å². The second kappa shape index (κ2) is 8.55. The second-order valence-corrected chi connectivity index (χ2v) is 7.88. The number of nitrogens with zero attached hydrogens (tertiary/aromatic N) is 2. The van der Waals surface area contributed by atoms with E-state index in [1.165, 1.54) is 16.8 Å². The molecule has 2 aromatic carbocycles. The van der Waals surface area contributed by atoms with Crippen molar-refractivity contribution in [1.29, 1.82) is 0 Å². The lowest BCUT2D eigenvalue weighted by Gasteiger charge is -2.30. The highest BCUT2D eigenvalue weighted by Gasteiger charge is 2.26. The van der Waals surface area contributed by atoms with E-state index in [1.807, 2.05) is 0 Å². The molecular formula is C23H27N3O3. The van der Waals surface area contributed by atoms with E-state index in [1.54, 1.807) is 4.90 Å². The SMILES string of the molecule is O=C(O)C1CCN(C(=O)NCc2ccc(CN3CCc4ccccc43)cc2)CC1. The first kappa shape index (κ1) is 19.3. The summed E-state index contributed by atoms with van der Waals surface area (Å²) in [5, 5.41) is 12.0. The van der Waals surface area contributed by atoms with E-state index in [0.29, 0.717) is 32.5 Å². The van der Waals surface area contributed by atoms with E-state index in [0.717, 1.165) is 25.1 Å². The van der Waals surface area contributed by atoms with Gasteiger partial charge in [0.1, 0.15) is 0 Å². The van der Waals surface area contributed by atoms with Gasteiger partial charge in [-0.15, -0.1) is 0 Å². The third kappa shape index (κ3) is 4.53. The fourth-order valence-electron chi connectivity index (χ4n) is 4.17. The van der Waals surface area contributed by atoms with Crippen molar-refractivity contribution in [2.45, 2.75) is 32.4 Å². The summed E-state index contributed by atoms with van der Waals surface area (Å²) < 4.78 is 0. The van der Waals surface area contributed by atoms with Gasteiger partial charge in [0.2, 0.25) is 0 Å². The van der Waals surface area contributed by atoms with Gasteiger partial charge in [-0.2, -0.15) is 0 Å². The van der Waals surface area contributed by atoms with Crippen molar-refractivity contribution in [3.05, 3.63) is 65.2 Å². The Morgan fingerprint density at radius 1 is 0.966 bits per heavy atom. The summed E-state index contributed by atoms with van der Waals surface area (Å²) in [5.74, 6) is -1.09. The van der Waals surface area contributed by atoms with Gasteiger partial charge < -0.3 is 20.2 Å². The van der Waals surface area contributed by atoms with E-state index >= 15 is 0 Å². The summed E-state index contributed by atoms with van der Waals surface area (Å²) in [6.07, 6.45) is 2.15. The van der Waals surface area contributed by atoms with Gasteiger partial charge >= 0.3 is 12.0 Å². The average Bonchev–Trinajstić information content (AvgIpc) is 3.16. The van der Waals surface area contributed by atoms with E-state index in [-0.39, 0.29) is 11.9 Å². The van der Waals surface area contributed by atoms with Crippen LogP contribution < -0.4 is 10.2 Å². The summed E-state index contributed by atoms with van der Waals surface area (Å²) in [4.78, 5) is 27.5. The number of benzene rings is 2. The number of para-hydroxylation sites is 1. The van der Waals surface area contributed by atoms with Crippen molar-refractivity contribution in [2.24, 2.45) is 5.92 Å². The largest absolute Gasteiger partial charge is 0.481 e. The normalized spacial score (nSPS) is 16.6. The summed E-state index contributed by atoms with van der Waals surface area (Å²) in [7, 11) is 0. The standard InChI is InChI=1S/C23H27N3O3/c27-22(28)20-10-12-25(13-11-20)23(29)24-15-17-5-7-18(8-6-17)16-26-14-9-19-3-1-2-4-21(19)26/h1-8,20H,9-16H2,(H,24,29)(H,27,28). The van der Waals surface area contributed by atoms with Gasteiger partial charge in [0.15, 0.2) is 0 Å². The van der Waals surface area contributed by atoms with Crippen LogP contribution in [0.25, 0.3) is 0 Å². The van der Waals surface area contributed by atoms with Crippen molar-refractivity contribution >= 4 is 17.7 Å². The van der Waals surface area contributed by atoms with Gasteiger partial charge in [0.25, 0.3) is 0 Å². The molecule has 0 saturated carbocycles. The molecule has 2 amide bonds. The maximum Gasteiger partial charge on any atom is 0.317 e. The molecule has 1 saturated heterocycles. The fraction of sp³-hybridized carbons (Fsp3) is 0.391. The highest BCUT2D eigenvalue weighted by atomic mass is 16.4. The Morgan fingerprint density at radius 2 is 1.66 bits per heavy atom. The van der Waals surface area contributed by atoms with Gasteiger partial charge in [-0.25, -0.2) is 4.79 Å². The summed E-state index contributed by atoms with van der Waals surface area (Å²) in [6.45, 7) is 3.42. The van der Waals surface area contributed by atoms with Gasteiger partial charge in [-0.05, 0) is 42.0 Å². The van der Waals surface area contributed by atoms with Crippen LogP contribution in [0, 0.1) is 5.92 Å². The van der Waals surface area contributed by atoms with Gasteiger partial charge in [0, 0.05) is 38.4 Å². The lowest BCUT2D eigenvalue weighted by atomic mass is 9.97. The Bertz CT molecular complexity index is 873. The molecule has 2 aliphatic heterocycles. The zero-order chi connectivity index (χ0) is 20.2. The number of likely N-dealkylation sites (tertiary alicyclic amines) is 1. The van der Waals surface area contributed by atoms with Crippen LogP contribution in [-0.4, -0.2) is 41.6 Å². The molecule has 29 heavy (non-hydrogen) atoms. The maximum absolute atomic E-state index is 12.3. The number of piperidine rings is 1. The number of carbonyl (C=O) groups excluding carboxylic acids is 1. The van der Waals surface area contributed by atoms with E-state index < -0.39 is 5.97 Å². The van der Waals surface area contributed by atoms with E-state index in [9.17, 15) is 9.59 Å². The molecule has 6 heteroatoms. The van der Waals surface area contributed by atoms with Crippen LogP contribution in [0.4, 0.5) is 10.5 Å². The Kier molecular flexibility index (Phi) is 5.69. The Labute approximate surface area is 171 Å². The van der Waals surface area contributed by atoms with Crippen LogP contribution in [0.5, 0.6) is 0 Å². The Morgan fingerprint density at radius 3 is 2.38 bits per heavy atom. The quantitative estimate of drug-likeness (QED) is 0.818. The van der Waals surface area contributed by atoms with Crippen LogP contribution in [0.3, 0.4) is 0 Å². The van der Waals surface area contributed by atoms with Crippen LogP contribution in [-0.2, 0) is 24.3 Å². The molecule has 0 spiro atoms. The predicted octanol–water partition coefficient (Wildman–Crippen LogP) is 3.26. The molecule has 0 unspecified atom stereocenters. The van der Waals surface area contributed by atoms with Crippen LogP contribution in [0.2, 0.25) is 0 Å². The summed E-state index contributed by atoms with van der Waals surface area (Å²) >= 11 is 0. The van der Waals surface area contributed by atoms with Crippen LogP contribution in [0.1, 0.15) is 29.5 Å². The minimum Gasteiger partial charge on any atom is -0.481 e. The van der Waals surface area contributed by atoms with Crippen LogP contribution in [0.15, 0.2) is 48.5 Å². The molecular weight excluding hydrogens is 366 g/mol. The average molecular weight is 393 g/mol. The number of carboxylic acid groups (broad SMARTS) is 1. The third-order valence-electron chi connectivity index (χ3n) is 5.95. The molecule has 2 N–H and O–H groups in total. The van der Waals surface area contributed by atoms with Gasteiger partial charge in [0.05, 0.1) is 5.92 Å². The molecule has 152 valence electrons. The lowest BCUT2D eigenvalue weighted by Crippen LogP contribution is -2.45. The van der Waals surface area contributed by atoms with E-state index in [2.05, 4.69) is 58.7 Å². The van der Waals surface area contributed by atoms with Gasteiger partial charge in [-0.3, -0.25) is 4.79 Å². The molecule has 0 aromatic heterocycles. The lowest BCUT2D eigenvalue weighted by molar-refractivity contribution is -0.143. The molecule has 0 bridgehead atoms. The first-order valence-electron chi connectivity index (χ1n) is 10.3. The first-order chi connectivity index (χ1) is 14.1. The number of hydrogen-bond donors (Lipinski definition) is 2. The molecule has 2 aliphatic rings. The number of hydrogen-bond acceptors (Lipinski definition) is 3. The maximum atomic E-state index is 12.3. The molecule has 0 aliphatic carbocycles. The number of fused-ring (bicyclic) bond motifs is 1.